The zero-order valence-corrected chi connectivity index (χ0v) is 11.8. The first-order chi connectivity index (χ1) is 2.91. The van der Waals surface area contributed by atoms with Crippen LogP contribution < -0.4 is 0 Å². The number of hydrogen-bond acceptors (Lipinski definition) is 0. The molecule has 0 aromatic heterocycles. The fourth-order valence-electron chi connectivity index (χ4n) is 0. The van der Waals surface area contributed by atoms with Crippen LogP contribution in [0.25, 0.3) is 0 Å². The van der Waals surface area contributed by atoms with E-state index in [0.717, 1.165) is 0 Å². The molecule has 0 nitrogen and oxygen atoms in total. The predicted octanol–water partition coefficient (Wildman–Crippen LogP) is 3.39. The second-order valence-corrected chi connectivity index (χ2v) is 0.816. The molecule has 0 saturated carbocycles. The fraction of sp³-hybridized carbons (Fsp3) is 0.750. The van der Waals surface area contributed by atoms with Gasteiger partial charge in [0.05, 0.1) is 0 Å². The maximum Gasteiger partial charge on any atom is 0 e. The van der Waals surface area contributed by atoms with Gasteiger partial charge in [0.1, 0.15) is 0 Å². The first-order valence-electron chi connectivity index (χ1n) is 1.84. The Kier molecular flexibility index (Phi) is 54.7. The van der Waals surface area contributed by atoms with Gasteiger partial charge in [0.2, 0.25) is 0 Å². The van der Waals surface area contributed by atoms with Crippen molar-refractivity contribution >= 4 is 37.2 Å². The molecule has 0 saturated heterocycles. The topological polar surface area (TPSA) is 0 Å². The summed E-state index contributed by atoms with van der Waals surface area (Å²) >= 11 is 4.24. The Bertz CT molecular complexity index is 11.7. The maximum atomic E-state index is 2.12. The van der Waals surface area contributed by atoms with Crippen LogP contribution >= 0.6 is 37.2 Å². The largest absolute Gasteiger partial charge is 0.332 e. The SMILES string of the molecule is C[CH-]CC.II.[Y]. The molecule has 0 fully saturated rings. The van der Waals surface area contributed by atoms with Gasteiger partial charge in [0, 0.05) is 69.9 Å². The van der Waals surface area contributed by atoms with Gasteiger partial charge in [-0.2, -0.15) is 13.3 Å². The second-order valence-electron chi connectivity index (χ2n) is 0.816. The summed E-state index contributed by atoms with van der Waals surface area (Å²) in [6, 6.07) is 0. The van der Waals surface area contributed by atoms with Gasteiger partial charge in [-0.1, -0.05) is 6.92 Å². The van der Waals surface area contributed by atoms with Crippen molar-refractivity contribution in [3.05, 3.63) is 6.42 Å². The summed E-state index contributed by atoms with van der Waals surface area (Å²) in [6.45, 7) is 4.18. The third-order valence-corrected chi connectivity index (χ3v) is 0.408. The molecular formula is C4H9I2Y-. The van der Waals surface area contributed by atoms with Crippen LogP contribution in [0.2, 0.25) is 0 Å². The van der Waals surface area contributed by atoms with Crippen LogP contribution in [0.1, 0.15) is 20.3 Å². The molecule has 0 amide bonds. The fourth-order valence-corrected chi connectivity index (χ4v) is 0. The summed E-state index contributed by atoms with van der Waals surface area (Å²) in [6.07, 6.45) is 3.32. The van der Waals surface area contributed by atoms with Crippen LogP contribution in [0.4, 0.5) is 0 Å². The Morgan fingerprint density at radius 1 is 1.43 bits per heavy atom. The van der Waals surface area contributed by atoms with Gasteiger partial charge < -0.3 is 6.42 Å². The quantitative estimate of drug-likeness (QED) is 0.468. The third kappa shape index (κ3) is 29.0. The summed E-state index contributed by atoms with van der Waals surface area (Å²) in [4.78, 5) is 0. The van der Waals surface area contributed by atoms with E-state index in [9.17, 15) is 0 Å². The first kappa shape index (κ1) is 16.3. The smallest absolute Gasteiger partial charge is 0 e. The predicted molar refractivity (Wildman–Crippen MR) is 48.3 cm³/mol. The molecular weight excluding hydrogens is 391 g/mol. The number of rotatable bonds is 1. The van der Waals surface area contributed by atoms with E-state index in [1.165, 1.54) is 6.42 Å². The van der Waals surface area contributed by atoms with Gasteiger partial charge in [0.15, 0.2) is 0 Å². The number of unbranched alkanes of at least 4 members (excludes halogenated alkanes) is 1. The zero-order valence-electron chi connectivity index (χ0n) is 4.62. The summed E-state index contributed by atoms with van der Waals surface area (Å²) in [5, 5.41) is 0. The summed E-state index contributed by atoms with van der Waals surface area (Å²) in [5.74, 6) is 0. The van der Waals surface area contributed by atoms with E-state index < -0.39 is 0 Å². The molecule has 0 rings (SSSR count). The molecule has 0 aromatic rings. The maximum absolute atomic E-state index is 2.12. The minimum atomic E-state index is 0. The Hall–Kier alpha value is 2.56. The molecule has 0 N–H and O–H groups in total. The standard InChI is InChI=1S/C4H9.I2.Y/c1-3-4-2;1-2;/h3H,4H2,1-2H3;;/q-1;;. The molecule has 0 aliphatic heterocycles. The van der Waals surface area contributed by atoms with Crippen LogP contribution in [0.5, 0.6) is 0 Å². The van der Waals surface area contributed by atoms with E-state index in [1.54, 1.807) is 0 Å². The molecule has 1 radical (unpaired) electrons. The van der Waals surface area contributed by atoms with Gasteiger partial charge in [-0.05, 0) is 0 Å². The summed E-state index contributed by atoms with van der Waals surface area (Å²) < 4.78 is 0. The molecule has 7 heavy (non-hydrogen) atoms. The minimum absolute atomic E-state index is 0. The number of hydrogen-bond donors (Lipinski definition) is 0. The van der Waals surface area contributed by atoms with Crippen molar-refractivity contribution in [2.24, 2.45) is 0 Å². The summed E-state index contributed by atoms with van der Waals surface area (Å²) in [5.41, 5.74) is 0. The molecule has 3 heteroatoms. The van der Waals surface area contributed by atoms with Crippen molar-refractivity contribution in [2.75, 3.05) is 0 Å². The van der Waals surface area contributed by atoms with Crippen molar-refractivity contribution < 1.29 is 32.7 Å². The molecule has 0 aromatic carbocycles. The van der Waals surface area contributed by atoms with Crippen LogP contribution in [0, 0.1) is 6.42 Å². The molecule has 0 spiro atoms. The first-order valence-corrected chi connectivity index (χ1v) is 8.12. The van der Waals surface area contributed by atoms with E-state index in [2.05, 4.69) is 57.5 Å². The van der Waals surface area contributed by atoms with Crippen LogP contribution in [0.15, 0.2) is 0 Å². The van der Waals surface area contributed by atoms with E-state index in [0.29, 0.717) is 0 Å². The number of halogens is 2. The Balaban J connectivity index is -0.0000000480. The minimum Gasteiger partial charge on any atom is -0.332 e. The molecule has 0 bridgehead atoms. The van der Waals surface area contributed by atoms with Crippen molar-refractivity contribution in [1.29, 1.82) is 0 Å². The molecule has 0 aliphatic carbocycles. The molecule has 0 aliphatic rings. The Morgan fingerprint density at radius 2 is 1.57 bits per heavy atom. The van der Waals surface area contributed by atoms with Crippen molar-refractivity contribution in [3.8, 4) is 0 Å². The van der Waals surface area contributed by atoms with Crippen LogP contribution in [-0.4, -0.2) is 0 Å². The zero-order chi connectivity index (χ0) is 5.41. The normalized spacial score (nSPS) is 5.14. The van der Waals surface area contributed by atoms with Crippen LogP contribution in [0.3, 0.4) is 0 Å². The molecule has 0 unspecified atom stereocenters. The van der Waals surface area contributed by atoms with E-state index in [-0.39, 0.29) is 32.7 Å². The average molecular weight is 400 g/mol. The second kappa shape index (κ2) is 23.5. The average Bonchev–Trinajstić information content (AvgIpc) is 1.72. The van der Waals surface area contributed by atoms with Crippen molar-refractivity contribution in [2.45, 2.75) is 20.3 Å². The van der Waals surface area contributed by atoms with Crippen molar-refractivity contribution in [1.82, 2.24) is 0 Å². The Morgan fingerprint density at radius 3 is 1.57 bits per heavy atom. The van der Waals surface area contributed by atoms with Gasteiger partial charge in [-0.25, -0.2) is 0 Å². The molecule has 0 atom stereocenters. The Labute approximate surface area is 94.8 Å². The van der Waals surface area contributed by atoms with Gasteiger partial charge in [0.25, 0.3) is 0 Å². The molecule has 0 heterocycles. The van der Waals surface area contributed by atoms with Crippen LogP contribution in [-0.2, 0) is 32.7 Å². The van der Waals surface area contributed by atoms with E-state index in [4.69, 9.17) is 0 Å². The van der Waals surface area contributed by atoms with E-state index in [1.807, 2.05) is 0 Å². The van der Waals surface area contributed by atoms with Gasteiger partial charge >= 0.3 is 0 Å². The third-order valence-electron chi connectivity index (χ3n) is 0.408. The summed E-state index contributed by atoms with van der Waals surface area (Å²) in [7, 11) is 0. The van der Waals surface area contributed by atoms with Crippen molar-refractivity contribution in [3.63, 3.8) is 0 Å². The monoisotopic (exact) mass is 400 g/mol. The van der Waals surface area contributed by atoms with E-state index >= 15 is 0 Å². The molecule has 43 valence electrons. The van der Waals surface area contributed by atoms with Gasteiger partial charge in [-0.15, -0.1) is 0 Å². The van der Waals surface area contributed by atoms with Gasteiger partial charge in [-0.3, -0.25) is 0 Å².